The number of para-hydroxylation sites is 2. The minimum absolute atomic E-state index is 0.171. The SMILES string of the molecule is Cc1cnc(C2CCCN(C(=O)Cn3c(C)nc4ccccc43)C2)s1. The van der Waals surface area contributed by atoms with Crippen LogP contribution in [-0.2, 0) is 11.3 Å². The van der Waals surface area contributed by atoms with Crippen LogP contribution in [0.3, 0.4) is 0 Å². The number of amides is 1. The molecule has 1 fully saturated rings. The van der Waals surface area contributed by atoms with Crippen LogP contribution in [0.2, 0.25) is 0 Å². The minimum atomic E-state index is 0.171. The van der Waals surface area contributed by atoms with Gasteiger partial charge in [-0.2, -0.15) is 0 Å². The molecule has 130 valence electrons. The number of nitrogens with zero attached hydrogens (tertiary/aromatic N) is 4. The quantitative estimate of drug-likeness (QED) is 0.723. The van der Waals surface area contributed by atoms with E-state index < -0.39 is 0 Å². The summed E-state index contributed by atoms with van der Waals surface area (Å²) in [6.07, 6.45) is 4.09. The van der Waals surface area contributed by atoms with Crippen LogP contribution >= 0.6 is 11.3 Å². The summed E-state index contributed by atoms with van der Waals surface area (Å²) < 4.78 is 2.02. The van der Waals surface area contributed by atoms with Crippen molar-refractivity contribution in [1.82, 2.24) is 19.4 Å². The third kappa shape index (κ3) is 3.18. The van der Waals surface area contributed by atoms with Gasteiger partial charge in [0.05, 0.1) is 16.0 Å². The molecule has 1 aromatic carbocycles. The number of imidazole rings is 1. The molecule has 0 N–H and O–H groups in total. The summed E-state index contributed by atoms with van der Waals surface area (Å²) in [5.41, 5.74) is 1.97. The number of thiazole rings is 1. The lowest BCUT2D eigenvalue weighted by Gasteiger charge is -2.32. The molecule has 6 heteroatoms. The summed E-state index contributed by atoms with van der Waals surface area (Å²) in [6.45, 7) is 6.02. The fraction of sp³-hybridized carbons (Fsp3) is 0.421. The van der Waals surface area contributed by atoms with Crippen molar-refractivity contribution in [1.29, 1.82) is 0 Å². The van der Waals surface area contributed by atoms with E-state index in [1.807, 2.05) is 46.9 Å². The molecular formula is C19H22N4OS. The van der Waals surface area contributed by atoms with Gasteiger partial charge in [0.2, 0.25) is 5.91 Å². The van der Waals surface area contributed by atoms with E-state index in [0.29, 0.717) is 12.5 Å². The zero-order chi connectivity index (χ0) is 17.4. The van der Waals surface area contributed by atoms with Gasteiger partial charge in [0, 0.05) is 30.1 Å². The van der Waals surface area contributed by atoms with Crippen molar-refractivity contribution in [3.05, 3.63) is 46.2 Å². The molecule has 4 rings (SSSR count). The summed E-state index contributed by atoms with van der Waals surface area (Å²) in [5.74, 6) is 1.43. The standard InChI is InChI=1S/C19H22N4OS/c1-13-10-20-19(25-13)15-6-5-9-22(11-15)18(24)12-23-14(2)21-16-7-3-4-8-17(16)23/h3-4,7-8,10,15H,5-6,9,11-12H2,1-2H3. The van der Waals surface area contributed by atoms with Crippen LogP contribution < -0.4 is 0 Å². The molecule has 0 aliphatic carbocycles. The smallest absolute Gasteiger partial charge is 0.242 e. The number of hydrogen-bond acceptors (Lipinski definition) is 4. The Morgan fingerprint density at radius 3 is 2.96 bits per heavy atom. The van der Waals surface area contributed by atoms with E-state index in [0.717, 1.165) is 42.8 Å². The molecule has 0 bridgehead atoms. The van der Waals surface area contributed by atoms with E-state index in [2.05, 4.69) is 16.9 Å². The Morgan fingerprint density at radius 2 is 2.16 bits per heavy atom. The summed E-state index contributed by atoms with van der Waals surface area (Å²) >= 11 is 1.75. The Kier molecular flexibility index (Phi) is 4.29. The third-order valence-electron chi connectivity index (χ3n) is 4.90. The van der Waals surface area contributed by atoms with Gasteiger partial charge >= 0.3 is 0 Å². The highest BCUT2D eigenvalue weighted by Crippen LogP contribution is 2.30. The van der Waals surface area contributed by atoms with E-state index in [4.69, 9.17) is 0 Å². The second kappa shape index (κ2) is 6.59. The van der Waals surface area contributed by atoms with Gasteiger partial charge in [-0.05, 0) is 38.8 Å². The lowest BCUT2D eigenvalue weighted by molar-refractivity contribution is -0.133. The highest BCUT2D eigenvalue weighted by Gasteiger charge is 2.27. The average molecular weight is 354 g/mol. The second-order valence-electron chi connectivity index (χ2n) is 6.72. The molecule has 3 heterocycles. The van der Waals surface area contributed by atoms with Crippen LogP contribution in [0, 0.1) is 13.8 Å². The number of hydrogen-bond donors (Lipinski definition) is 0. The normalized spacial score (nSPS) is 18.0. The van der Waals surface area contributed by atoms with Gasteiger partial charge in [-0.15, -0.1) is 11.3 Å². The van der Waals surface area contributed by atoms with Crippen molar-refractivity contribution in [2.24, 2.45) is 0 Å². The van der Waals surface area contributed by atoms with Gasteiger partial charge in [0.15, 0.2) is 0 Å². The van der Waals surface area contributed by atoms with E-state index in [1.54, 1.807) is 11.3 Å². The maximum absolute atomic E-state index is 12.9. The Bertz CT molecular complexity index is 913. The maximum atomic E-state index is 12.9. The molecule has 5 nitrogen and oxygen atoms in total. The zero-order valence-electron chi connectivity index (χ0n) is 14.6. The Balaban J connectivity index is 1.51. The Morgan fingerprint density at radius 1 is 1.32 bits per heavy atom. The van der Waals surface area contributed by atoms with Gasteiger partial charge < -0.3 is 9.47 Å². The molecule has 2 aromatic heterocycles. The van der Waals surface area contributed by atoms with E-state index in [1.165, 1.54) is 9.88 Å². The number of carbonyl (C=O) groups excluding carboxylic acids is 1. The molecule has 1 saturated heterocycles. The molecule has 25 heavy (non-hydrogen) atoms. The average Bonchev–Trinajstić information content (AvgIpc) is 3.19. The Hall–Kier alpha value is -2.21. The van der Waals surface area contributed by atoms with Crippen LogP contribution in [0.15, 0.2) is 30.5 Å². The number of aryl methyl sites for hydroxylation is 2. The van der Waals surface area contributed by atoms with Crippen molar-refractivity contribution in [2.45, 2.75) is 39.2 Å². The van der Waals surface area contributed by atoms with Crippen LogP contribution in [0.25, 0.3) is 11.0 Å². The number of rotatable bonds is 3. The Labute approximate surface area is 151 Å². The van der Waals surface area contributed by atoms with Crippen LogP contribution in [0.1, 0.15) is 34.5 Å². The molecule has 1 unspecified atom stereocenters. The summed E-state index contributed by atoms with van der Waals surface area (Å²) in [6, 6.07) is 7.99. The first kappa shape index (κ1) is 16.3. The van der Waals surface area contributed by atoms with Crippen molar-refractivity contribution >= 4 is 28.3 Å². The summed E-state index contributed by atoms with van der Waals surface area (Å²) in [5, 5.41) is 1.17. The van der Waals surface area contributed by atoms with Gasteiger partial charge in [-0.25, -0.2) is 9.97 Å². The minimum Gasteiger partial charge on any atom is -0.340 e. The third-order valence-corrected chi connectivity index (χ3v) is 5.98. The first-order valence-electron chi connectivity index (χ1n) is 8.74. The van der Waals surface area contributed by atoms with Crippen LogP contribution in [-0.4, -0.2) is 38.4 Å². The number of fused-ring (bicyclic) bond motifs is 1. The molecule has 3 aromatic rings. The first-order valence-corrected chi connectivity index (χ1v) is 9.55. The van der Waals surface area contributed by atoms with E-state index in [9.17, 15) is 4.79 Å². The highest BCUT2D eigenvalue weighted by molar-refractivity contribution is 7.11. The number of carbonyl (C=O) groups is 1. The largest absolute Gasteiger partial charge is 0.340 e. The van der Waals surface area contributed by atoms with Gasteiger partial charge in [0.25, 0.3) is 0 Å². The molecule has 0 spiro atoms. The zero-order valence-corrected chi connectivity index (χ0v) is 15.4. The van der Waals surface area contributed by atoms with Gasteiger partial charge in [-0.3, -0.25) is 4.79 Å². The summed E-state index contributed by atoms with van der Waals surface area (Å²) in [4.78, 5) is 25.2. The second-order valence-corrected chi connectivity index (χ2v) is 7.99. The monoisotopic (exact) mass is 354 g/mol. The molecular weight excluding hydrogens is 332 g/mol. The topological polar surface area (TPSA) is 51.0 Å². The number of likely N-dealkylation sites (tertiary alicyclic amines) is 1. The molecule has 0 saturated carbocycles. The first-order chi connectivity index (χ1) is 12.1. The predicted molar refractivity (Wildman–Crippen MR) is 99.9 cm³/mol. The van der Waals surface area contributed by atoms with E-state index >= 15 is 0 Å². The highest BCUT2D eigenvalue weighted by atomic mass is 32.1. The fourth-order valence-electron chi connectivity index (χ4n) is 3.60. The molecule has 0 radical (unpaired) electrons. The molecule has 1 aliphatic heterocycles. The molecule has 1 atom stereocenters. The van der Waals surface area contributed by atoms with Crippen molar-refractivity contribution in [3.8, 4) is 0 Å². The summed E-state index contributed by atoms with van der Waals surface area (Å²) in [7, 11) is 0. The number of benzene rings is 1. The van der Waals surface area contributed by atoms with Crippen molar-refractivity contribution in [2.75, 3.05) is 13.1 Å². The van der Waals surface area contributed by atoms with Crippen molar-refractivity contribution in [3.63, 3.8) is 0 Å². The lowest BCUT2D eigenvalue weighted by Crippen LogP contribution is -2.40. The number of aromatic nitrogens is 3. The number of piperidine rings is 1. The van der Waals surface area contributed by atoms with Crippen LogP contribution in [0.4, 0.5) is 0 Å². The van der Waals surface area contributed by atoms with Gasteiger partial charge in [0.1, 0.15) is 12.4 Å². The van der Waals surface area contributed by atoms with Crippen LogP contribution in [0.5, 0.6) is 0 Å². The van der Waals surface area contributed by atoms with Gasteiger partial charge in [-0.1, -0.05) is 12.1 Å². The van der Waals surface area contributed by atoms with Crippen molar-refractivity contribution < 1.29 is 4.79 Å². The molecule has 1 amide bonds. The lowest BCUT2D eigenvalue weighted by atomic mass is 9.98. The fourth-order valence-corrected chi connectivity index (χ4v) is 4.50. The maximum Gasteiger partial charge on any atom is 0.242 e. The molecule has 1 aliphatic rings. The predicted octanol–water partition coefficient (Wildman–Crippen LogP) is 3.52. The van der Waals surface area contributed by atoms with E-state index in [-0.39, 0.29) is 5.91 Å².